The van der Waals surface area contributed by atoms with Crippen molar-refractivity contribution in [2.24, 2.45) is 0 Å². The molecule has 1 unspecified atom stereocenters. The van der Waals surface area contributed by atoms with Crippen LogP contribution in [0.4, 0.5) is 17.5 Å². The van der Waals surface area contributed by atoms with Crippen molar-refractivity contribution in [3.8, 4) is 17.2 Å². The van der Waals surface area contributed by atoms with Crippen molar-refractivity contribution in [2.45, 2.75) is 25.9 Å². The Morgan fingerprint density at radius 1 is 1.03 bits per heavy atom. The van der Waals surface area contributed by atoms with Gasteiger partial charge < -0.3 is 39.8 Å². The minimum atomic E-state index is -0.339. The van der Waals surface area contributed by atoms with Crippen molar-refractivity contribution in [1.82, 2.24) is 14.9 Å². The van der Waals surface area contributed by atoms with E-state index in [1.165, 1.54) is 28.3 Å². The second-order valence-corrected chi connectivity index (χ2v) is 8.10. The van der Waals surface area contributed by atoms with E-state index < -0.39 is 0 Å². The Kier molecular flexibility index (Phi) is 6.77. The number of ether oxygens (including phenoxy) is 4. The molecule has 0 radical (unpaired) electrons. The number of nitrogens with two attached hydrogens (primary N) is 1. The van der Waals surface area contributed by atoms with E-state index in [2.05, 4.69) is 10.3 Å². The van der Waals surface area contributed by atoms with Gasteiger partial charge >= 0.3 is 0 Å². The molecule has 184 valence electrons. The molecule has 2 aromatic rings. The molecule has 4 rings (SSSR count). The maximum atomic E-state index is 12.7. The quantitative estimate of drug-likeness (QED) is 0.623. The topological polar surface area (TPSA) is 141 Å². The van der Waals surface area contributed by atoms with Gasteiger partial charge in [0.25, 0.3) is 5.91 Å². The van der Waals surface area contributed by atoms with Gasteiger partial charge in [0, 0.05) is 39.7 Å². The number of hydrogen-bond acceptors (Lipinski definition) is 10. The van der Waals surface area contributed by atoms with Crippen LogP contribution < -0.4 is 30.2 Å². The molecule has 3 N–H and O–H groups in total. The summed E-state index contributed by atoms with van der Waals surface area (Å²) in [6, 6.07) is 0. The van der Waals surface area contributed by atoms with E-state index in [9.17, 15) is 9.59 Å². The van der Waals surface area contributed by atoms with Crippen LogP contribution in [-0.4, -0.2) is 86.9 Å². The normalized spacial score (nSPS) is 18.2. The van der Waals surface area contributed by atoms with Crippen molar-refractivity contribution in [2.75, 3.05) is 70.1 Å². The lowest BCUT2D eigenvalue weighted by molar-refractivity contribution is -0.141. The summed E-state index contributed by atoms with van der Waals surface area (Å²) in [5.74, 6) is 1.11. The van der Waals surface area contributed by atoms with Gasteiger partial charge in [-0.05, 0) is 12.8 Å². The van der Waals surface area contributed by atoms with Gasteiger partial charge in [0.1, 0.15) is 23.1 Å². The molecule has 1 aromatic heterocycles. The van der Waals surface area contributed by atoms with Crippen LogP contribution in [0.3, 0.4) is 0 Å². The first-order chi connectivity index (χ1) is 16.4. The number of nitrogens with one attached hydrogen (secondary N) is 1. The molecule has 2 amide bonds. The summed E-state index contributed by atoms with van der Waals surface area (Å²) >= 11 is 0. The predicted molar refractivity (Wildman–Crippen MR) is 126 cm³/mol. The number of carbonyl (C=O) groups is 2. The van der Waals surface area contributed by atoms with Gasteiger partial charge in [0.05, 0.1) is 26.7 Å². The standard InChI is InChI=1S/C22H30N6O6/c1-12(29)24-16-15-14(17(31-2)19(33-4)18(16)32-3)20(23)26-22(25-15)28-9-7-27(8-10-28)21(30)13-6-5-11-34-13/h13H,5-11H2,1-4H3,(H,24,29)(H2,23,25,26). The van der Waals surface area contributed by atoms with E-state index in [-0.39, 0.29) is 35.2 Å². The average Bonchev–Trinajstić information content (AvgIpc) is 3.38. The number of methoxy groups -OCH3 is 3. The number of aromatic nitrogens is 2. The van der Waals surface area contributed by atoms with E-state index in [1.807, 2.05) is 9.80 Å². The maximum Gasteiger partial charge on any atom is 0.251 e. The number of fused-ring (bicyclic) bond motifs is 1. The first-order valence-electron chi connectivity index (χ1n) is 11.1. The van der Waals surface area contributed by atoms with Crippen molar-refractivity contribution >= 4 is 40.2 Å². The van der Waals surface area contributed by atoms with Crippen molar-refractivity contribution in [3.05, 3.63) is 0 Å². The maximum absolute atomic E-state index is 12.7. The Balaban J connectivity index is 1.71. The monoisotopic (exact) mass is 474 g/mol. The van der Waals surface area contributed by atoms with E-state index in [0.29, 0.717) is 61.1 Å². The first kappa shape index (κ1) is 23.6. The molecular weight excluding hydrogens is 444 g/mol. The molecule has 0 bridgehead atoms. The van der Waals surface area contributed by atoms with E-state index in [1.54, 1.807) is 0 Å². The SMILES string of the molecule is COc1c(OC)c(OC)c2c(N)nc(N3CCN(C(=O)C4CCCO4)CC3)nc2c1NC(C)=O. The molecule has 0 aliphatic carbocycles. The zero-order valence-electron chi connectivity index (χ0n) is 19.8. The third-order valence-corrected chi connectivity index (χ3v) is 6.02. The third kappa shape index (κ3) is 4.20. The van der Waals surface area contributed by atoms with Gasteiger partial charge in [-0.15, -0.1) is 0 Å². The molecule has 34 heavy (non-hydrogen) atoms. The summed E-state index contributed by atoms with van der Waals surface area (Å²) < 4.78 is 22.1. The van der Waals surface area contributed by atoms with Crippen LogP contribution in [0.25, 0.3) is 10.9 Å². The number of carbonyl (C=O) groups excluding carboxylic acids is 2. The molecular formula is C22H30N6O6. The van der Waals surface area contributed by atoms with Crippen LogP contribution in [0.1, 0.15) is 19.8 Å². The summed E-state index contributed by atoms with van der Waals surface area (Å²) in [6.07, 6.45) is 1.34. The third-order valence-electron chi connectivity index (χ3n) is 6.02. The van der Waals surface area contributed by atoms with Crippen molar-refractivity contribution in [1.29, 1.82) is 0 Å². The molecule has 0 spiro atoms. The number of hydrogen-bond donors (Lipinski definition) is 2. The van der Waals surface area contributed by atoms with Gasteiger partial charge in [-0.25, -0.2) is 4.98 Å². The zero-order chi connectivity index (χ0) is 24.4. The highest BCUT2D eigenvalue weighted by atomic mass is 16.5. The number of rotatable bonds is 6. The largest absolute Gasteiger partial charge is 0.492 e. The predicted octanol–water partition coefficient (Wildman–Crippen LogP) is 1.02. The molecule has 12 heteroatoms. The van der Waals surface area contributed by atoms with E-state index >= 15 is 0 Å². The fourth-order valence-corrected chi connectivity index (χ4v) is 4.42. The van der Waals surface area contributed by atoms with Crippen LogP contribution in [0, 0.1) is 0 Å². The highest BCUT2D eigenvalue weighted by Crippen LogP contribution is 2.50. The Bertz CT molecular complexity index is 1100. The fraction of sp³-hybridized carbons (Fsp3) is 0.545. The van der Waals surface area contributed by atoms with Gasteiger partial charge in [0.15, 0.2) is 11.5 Å². The Labute approximate surface area is 197 Å². The molecule has 12 nitrogen and oxygen atoms in total. The molecule has 2 fully saturated rings. The molecule has 2 saturated heterocycles. The van der Waals surface area contributed by atoms with Crippen molar-refractivity contribution < 1.29 is 28.5 Å². The first-order valence-corrected chi connectivity index (χ1v) is 11.1. The average molecular weight is 475 g/mol. The number of amides is 2. The second-order valence-electron chi connectivity index (χ2n) is 8.10. The summed E-state index contributed by atoms with van der Waals surface area (Å²) in [4.78, 5) is 37.7. The highest BCUT2D eigenvalue weighted by Gasteiger charge is 2.32. The van der Waals surface area contributed by atoms with Gasteiger partial charge in [-0.2, -0.15) is 4.98 Å². The number of nitrogens with zero attached hydrogens (tertiary/aromatic N) is 4. The van der Waals surface area contributed by atoms with Crippen LogP contribution in [0.5, 0.6) is 17.2 Å². The molecule has 3 heterocycles. The number of anilines is 3. The summed E-state index contributed by atoms with van der Waals surface area (Å²) in [5.41, 5.74) is 7.04. The van der Waals surface area contributed by atoms with Crippen LogP contribution in [0.15, 0.2) is 0 Å². The Hall–Kier alpha value is -3.54. The summed E-state index contributed by atoms with van der Waals surface area (Å²) in [6.45, 7) is 4.13. The lowest BCUT2D eigenvalue weighted by Gasteiger charge is -2.36. The Morgan fingerprint density at radius 3 is 2.26 bits per heavy atom. The van der Waals surface area contributed by atoms with E-state index in [4.69, 9.17) is 29.7 Å². The molecule has 2 aliphatic heterocycles. The smallest absolute Gasteiger partial charge is 0.251 e. The zero-order valence-corrected chi connectivity index (χ0v) is 19.8. The van der Waals surface area contributed by atoms with Gasteiger partial charge in [-0.3, -0.25) is 9.59 Å². The Morgan fingerprint density at radius 2 is 1.71 bits per heavy atom. The lowest BCUT2D eigenvalue weighted by Crippen LogP contribution is -2.51. The number of nitrogen functional groups attached to an aromatic ring is 1. The second kappa shape index (κ2) is 9.75. The van der Waals surface area contributed by atoms with Gasteiger partial charge in [0.2, 0.25) is 17.6 Å². The van der Waals surface area contributed by atoms with Crippen LogP contribution in [-0.2, 0) is 14.3 Å². The van der Waals surface area contributed by atoms with Gasteiger partial charge in [-0.1, -0.05) is 0 Å². The molecule has 0 saturated carbocycles. The fourth-order valence-electron chi connectivity index (χ4n) is 4.42. The van der Waals surface area contributed by atoms with Crippen molar-refractivity contribution in [3.63, 3.8) is 0 Å². The molecule has 2 aliphatic rings. The molecule has 1 atom stereocenters. The number of benzene rings is 1. The van der Waals surface area contributed by atoms with E-state index in [0.717, 1.165) is 12.8 Å². The lowest BCUT2D eigenvalue weighted by atomic mass is 10.1. The minimum Gasteiger partial charge on any atom is -0.492 e. The summed E-state index contributed by atoms with van der Waals surface area (Å²) in [7, 11) is 4.41. The number of piperazine rings is 1. The highest BCUT2D eigenvalue weighted by molar-refractivity contribution is 6.10. The van der Waals surface area contributed by atoms with Crippen LogP contribution >= 0.6 is 0 Å². The van der Waals surface area contributed by atoms with Crippen LogP contribution in [0.2, 0.25) is 0 Å². The molecule has 1 aromatic carbocycles. The summed E-state index contributed by atoms with van der Waals surface area (Å²) in [5, 5.41) is 3.18. The minimum absolute atomic E-state index is 0.0330.